The summed E-state index contributed by atoms with van der Waals surface area (Å²) in [4.78, 5) is 1.74. The number of rotatable bonds is 10. The Morgan fingerprint density at radius 1 is 0.909 bits per heavy atom. The molecule has 122 valence electrons. The number of benzene rings is 1. The molecule has 0 aliphatic heterocycles. The van der Waals surface area contributed by atoms with Gasteiger partial charge in [-0.1, -0.05) is 12.1 Å². The first-order valence-corrected chi connectivity index (χ1v) is 9.88. The number of aryl methyl sites for hydroxylation is 1. The van der Waals surface area contributed by atoms with Gasteiger partial charge in [-0.25, -0.2) is 0 Å². The van der Waals surface area contributed by atoms with Crippen molar-refractivity contribution in [1.29, 1.82) is 0 Å². The van der Waals surface area contributed by atoms with E-state index in [0.29, 0.717) is 19.8 Å². The summed E-state index contributed by atoms with van der Waals surface area (Å²) in [5.74, 6) is 0. The van der Waals surface area contributed by atoms with E-state index >= 15 is 0 Å². The molecule has 0 atom stereocenters. The van der Waals surface area contributed by atoms with E-state index in [1.807, 2.05) is 45.0 Å². The normalized spacial score (nSPS) is 12.1. The summed E-state index contributed by atoms with van der Waals surface area (Å²) < 4.78 is 17.6. The molecular formula is C15H25N3O3Si. The molecule has 0 fully saturated rings. The Bertz CT molecular complexity index is 526. The van der Waals surface area contributed by atoms with Crippen LogP contribution < -0.4 is 0 Å². The Morgan fingerprint density at radius 2 is 1.41 bits per heavy atom. The van der Waals surface area contributed by atoms with Crippen LogP contribution in [0.5, 0.6) is 0 Å². The van der Waals surface area contributed by atoms with Crippen LogP contribution in [0, 0.1) is 0 Å². The second-order valence-corrected chi connectivity index (χ2v) is 7.60. The largest absolute Gasteiger partial charge is 0.500 e. The van der Waals surface area contributed by atoms with Crippen LogP contribution in [0.3, 0.4) is 0 Å². The molecule has 0 saturated heterocycles. The maximum absolute atomic E-state index is 5.85. The van der Waals surface area contributed by atoms with Crippen LogP contribution in [-0.2, 0) is 19.8 Å². The van der Waals surface area contributed by atoms with E-state index in [9.17, 15) is 0 Å². The van der Waals surface area contributed by atoms with Crippen LogP contribution >= 0.6 is 0 Å². The SMILES string of the molecule is CCO[Si](CCCn1nc2ccccc2n1)(OCC)OCC. The monoisotopic (exact) mass is 323 g/mol. The predicted molar refractivity (Wildman–Crippen MR) is 87.6 cm³/mol. The minimum absolute atomic E-state index is 0.607. The lowest BCUT2D eigenvalue weighted by Crippen LogP contribution is -2.46. The molecule has 2 rings (SSSR count). The van der Waals surface area contributed by atoms with Crippen molar-refractivity contribution in [3.63, 3.8) is 0 Å². The van der Waals surface area contributed by atoms with Crippen molar-refractivity contribution >= 4 is 19.8 Å². The molecule has 0 bridgehead atoms. The van der Waals surface area contributed by atoms with Crippen LogP contribution in [0.25, 0.3) is 11.0 Å². The Balaban J connectivity index is 1.96. The van der Waals surface area contributed by atoms with Gasteiger partial charge >= 0.3 is 8.80 Å². The van der Waals surface area contributed by atoms with E-state index in [1.165, 1.54) is 0 Å². The van der Waals surface area contributed by atoms with Gasteiger partial charge in [0, 0.05) is 25.9 Å². The molecule has 0 radical (unpaired) electrons. The summed E-state index contributed by atoms with van der Waals surface area (Å²) in [6, 6.07) is 8.66. The molecule has 0 aliphatic carbocycles. The van der Waals surface area contributed by atoms with Gasteiger partial charge < -0.3 is 13.3 Å². The highest BCUT2D eigenvalue weighted by molar-refractivity contribution is 6.60. The van der Waals surface area contributed by atoms with Gasteiger partial charge in [0.25, 0.3) is 0 Å². The van der Waals surface area contributed by atoms with Gasteiger partial charge in [0.1, 0.15) is 11.0 Å². The Hall–Kier alpha value is -1.28. The summed E-state index contributed by atoms with van der Waals surface area (Å²) in [6.07, 6.45) is 0.868. The molecule has 2 aromatic rings. The van der Waals surface area contributed by atoms with Crippen molar-refractivity contribution in [1.82, 2.24) is 15.0 Å². The molecular weight excluding hydrogens is 298 g/mol. The third kappa shape index (κ3) is 4.36. The highest BCUT2D eigenvalue weighted by Crippen LogP contribution is 2.19. The molecule has 6 nitrogen and oxygen atoms in total. The molecule has 1 heterocycles. The quantitative estimate of drug-likeness (QED) is 0.629. The third-order valence-electron chi connectivity index (χ3n) is 3.26. The van der Waals surface area contributed by atoms with Crippen molar-refractivity contribution in [2.45, 2.75) is 39.8 Å². The third-order valence-corrected chi connectivity index (χ3v) is 6.41. The first-order chi connectivity index (χ1) is 10.7. The number of hydrogen-bond acceptors (Lipinski definition) is 5. The van der Waals surface area contributed by atoms with Crippen molar-refractivity contribution in [3.8, 4) is 0 Å². The van der Waals surface area contributed by atoms with Crippen molar-refractivity contribution < 1.29 is 13.3 Å². The first kappa shape index (κ1) is 17.1. The van der Waals surface area contributed by atoms with Gasteiger partial charge in [-0.15, -0.1) is 0 Å². The van der Waals surface area contributed by atoms with Crippen molar-refractivity contribution in [2.75, 3.05) is 19.8 Å². The lowest BCUT2D eigenvalue weighted by atomic mass is 10.3. The Morgan fingerprint density at radius 3 is 1.86 bits per heavy atom. The van der Waals surface area contributed by atoms with Crippen LogP contribution in [-0.4, -0.2) is 43.6 Å². The minimum Gasteiger partial charge on any atom is -0.374 e. The topological polar surface area (TPSA) is 58.4 Å². The van der Waals surface area contributed by atoms with Gasteiger partial charge in [0.05, 0.1) is 6.54 Å². The second kappa shape index (κ2) is 8.38. The lowest BCUT2D eigenvalue weighted by molar-refractivity contribution is 0.0704. The van der Waals surface area contributed by atoms with Crippen LogP contribution in [0.4, 0.5) is 0 Å². The molecule has 1 aromatic carbocycles. The average molecular weight is 323 g/mol. The molecule has 0 unspecified atom stereocenters. The molecule has 0 N–H and O–H groups in total. The zero-order chi connectivity index (χ0) is 15.8. The van der Waals surface area contributed by atoms with Gasteiger partial charge in [0.2, 0.25) is 0 Å². The number of hydrogen-bond donors (Lipinski definition) is 0. The standard InChI is InChI=1S/C15H25N3O3Si/c1-4-19-22(20-5-2,21-6-3)13-9-12-18-16-14-10-7-8-11-15(14)17-18/h7-8,10-11H,4-6,9,12-13H2,1-3H3. The fourth-order valence-electron chi connectivity index (χ4n) is 2.44. The lowest BCUT2D eigenvalue weighted by Gasteiger charge is -2.28. The van der Waals surface area contributed by atoms with Gasteiger partial charge in [-0.2, -0.15) is 15.0 Å². The van der Waals surface area contributed by atoms with E-state index in [4.69, 9.17) is 13.3 Å². The van der Waals surface area contributed by atoms with E-state index in [-0.39, 0.29) is 0 Å². The fraction of sp³-hybridized carbons (Fsp3) is 0.600. The molecule has 7 heteroatoms. The summed E-state index contributed by atoms with van der Waals surface area (Å²) in [6.45, 7) is 8.48. The maximum atomic E-state index is 5.85. The zero-order valence-electron chi connectivity index (χ0n) is 13.6. The Labute approximate surface area is 132 Å². The number of nitrogens with zero attached hydrogens (tertiary/aromatic N) is 3. The summed E-state index contributed by atoms with van der Waals surface area (Å²) in [7, 11) is -2.56. The number of aromatic nitrogens is 3. The van der Waals surface area contributed by atoms with Crippen molar-refractivity contribution in [2.24, 2.45) is 0 Å². The molecule has 0 amide bonds. The fourth-order valence-corrected chi connectivity index (χ4v) is 5.04. The van der Waals surface area contributed by atoms with Gasteiger partial charge in [-0.3, -0.25) is 0 Å². The summed E-state index contributed by atoms with van der Waals surface area (Å²) in [5, 5.41) is 8.94. The number of fused-ring (bicyclic) bond motifs is 1. The Kier molecular flexibility index (Phi) is 6.50. The van der Waals surface area contributed by atoms with Crippen LogP contribution in [0.15, 0.2) is 24.3 Å². The molecule has 1 aromatic heterocycles. The molecule has 0 saturated carbocycles. The van der Waals surface area contributed by atoms with E-state index < -0.39 is 8.80 Å². The van der Waals surface area contributed by atoms with E-state index in [2.05, 4.69) is 10.2 Å². The van der Waals surface area contributed by atoms with Crippen molar-refractivity contribution in [3.05, 3.63) is 24.3 Å². The predicted octanol–water partition coefficient (Wildman–Crippen LogP) is 2.87. The highest BCUT2D eigenvalue weighted by Gasteiger charge is 2.39. The smallest absolute Gasteiger partial charge is 0.374 e. The van der Waals surface area contributed by atoms with E-state index in [1.54, 1.807) is 4.80 Å². The van der Waals surface area contributed by atoms with Crippen LogP contribution in [0.1, 0.15) is 27.2 Å². The van der Waals surface area contributed by atoms with Crippen LogP contribution in [0.2, 0.25) is 6.04 Å². The molecule has 0 spiro atoms. The second-order valence-electron chi connectivity index (χ2n) is 4.87. The molecule has 22 heavy (non-hydrogen) atoms. The first-order valence-electron chi connectivity index (χ1n) is 7.94. The van der Waals surface area contributed by atoms with E-state index in [0.717, 1.165) is 30.0 Å². The summed E-state index contributed by atoms with van der Waals surface area (Å²) >= 11 is 0. The minimum atomic E-state index is -2.56. The van der Waals surface area contributed by atoms with Gasteiger partial charge in [-0.05, 0) is 39.3 Å². The molecule has 0 aliphatic rings. The summed E-state index contributed by atoms with van der Waals surface area (Å²) in [5.41, 5.74) is 1.84. The average Bonchev–Trinajstić information content (AvgIpc) is 2.90. The van der Waals surface area contributed by atoms with Gasteiger partial charge in [0.15, 0.2) is 0 Å². The zero-order valence-corrected chi connectivity index (χ0v) is 14.6. The highest BCUT2D eigenvalue weighted by atomic mass is 28.4. The maximum Gasteiger partial charge on any atom is 0.500 e.